The molecule has 5 heteroatoms. The molecular formula is C29H35FN2O2. The summed E-state index contributed by atoms with van der Waals surface area (Å²) >= 11 is 0. The Bertz CT molecular complexity index is 1230. The molecule has 1 aliphatic carbocycles. The average Bonchev–Trinajstić information content (AvgIpc) is 3.63. The predicted molar refractivity (Wildman–Crippen MR) is 139 cm³/mol. The van der Waals surface area contributed by atoms with Crippen LogP contribution >= 0.6 is 0 Å². The van der Waals surface area contributed by atoms with Gasteiger partial charge in [0.2, 0.25) is 0 Å². The van der Waals surface area contributed by atoms with Crippen molar-refractivity contribution in [2.45, 2.75) is 59.4 Å². The van der Waals surface area contributed by atoms with E-state index in [-0.39, 0.29) is 11.6 Å². The van der Waals surface area contributed by atoms with Gasteiger partial charge in [0.05, 0.1) is 5.52 Å². The highest BCUT2D eigenvalue weighted by Gasteiger charge is 2.17. The van der Waals surface area contributed by atoms with Gasteiger partial charge in [-0.1, -0.05) is 37.6 Å². The molecule has 34 heavy (non-hydrogen) atoms. The molecule has 1 fully saturated rings. The molecule has 0 radical (unpaired) electrons. The molecule has 4 rings (SSSR count). The lowest BCUT2D eigenvalue weighted by Crippen LogP contribution is -2.26. The number of allylic oxidation sites excluding steroid dienone is 4. The summed E-state index contributed by atoms with van der Waals surface area (Å²) in [6.07, 6.45) is 9.63. The molecule has 0 amide bonds. The minimum atomic E-state index is -0.309. The molecule has 4 nitrogen and oxygen atoms in total. The molecule has 3 aromatic rings. The highest BCUT2D eigenvalue weighted by Crippen LogP contribution is 2.36. The van der Waals surface area contributed by atoms with Gasteiger partial charge in [-0.25, -0.2) is 9.18 Å². The molecule has 1 atom stereocenters. The first-order chi connectivity index (χ1) is 16.5. The van der Waals surface area contributed by atoms with Crippen molar-refractivity contribution in [2.75, 3.05) is 18.0 Å². The number of rotatable bonds is 11. The van der Waals surface area contributed by atoms with E-state index in [4.69, 9.17) is 4.42 Å². The van der Waals surface area contributed by atoms with Crippen LogP contribution < -0.4 is 10.7 Å². The molecule has 2 aromatic carbocycles. The fraction of sp³-hybridized carbons (Fsp3) is 0.414. The largest absolute Gasteiger partial charge is 0.420 e. The zero-order valence-corrected chi connectivity index (χ0v) is 20.5. The highest BCUT2D eigenvalue weighted by atomic mass is 19.1. The first-order valence-corrected chi connectivity index (χ1v) is 12.4. The normalized spacial score (nSPS) is 14.2. The fourth-order valence-electron chi connectivity index (χ4n) is 4.41. The van der Waals surface area contributed by atoms with Crippen LogP contribution in [0.5, 0.6) is 0 Å². The Labute approximate surface area is 201 Å². The van der Waals surface area contributed by atoms with Crippen molar-refractivity contribution in [3.05, 3.63) is 82.1 Å². The van der Waals surface area contributed by atoms with Crippen molar-refractivity contribution < 1.29 is 8.81 Å². The Kier molecular flexibility index (Phi) is 7.71. The van der Waals surface area contributed by atoms with Crippen LogP contribution in [-0.4, -0.2) is 17.7 Å². The number of aromatic nitrogens is 1. The number of halogens is 1. The number of hydrogen-bond acceptors (Lipinski definition) is 3. The summed E-state index contributed by atoms with van der Waals surface area (Å²) in [5, 5.41) is 0. The van der Waals surface area contributed by atoms with Crippen molar-refractivity contribution >= 4 is 22.4 Å². The van der Waals surface area contributed by atoms with Crippen molar-refractivity contribution in [3.8, 4) is 0 Å². The van der Waals surface area contributed by atoms with Crippen LogP contribution in [0, 0.1) is 11.7 Å². The summed E-state index contributed by atoms with van der Waals surface area (Å²) < 4.78 is 20.5. The summed E-state index contributed by atoms with van der Waals surface area (Å²) in [5.74, 6) is 0.000284. The third kappa shape index (κ3) is 5.88. The number of oxazole rings is 1. The van der Waals surface area contributed by atoms with Gasteiger partial charge in [0.15, 0.2) is 5.58 Å². The van der Waals surface area contributed by atoms with Crippen LogP contribution in [0.3, 0.4) is 0 Å². The minimum absolute atomic E-state index is 0.200. The first kappa shape index (κ1) is 24.1. The molecule has 0 aliphatic heterocycles. The van der Waals surface area contributed by atoms with E-state index in [1.54, 1.807) is 4.57 Å². The predicted octanol–water partition coefficient (Wildman–Crippen LogP) is 7.19. The molecule has 1 aliphatic rings. The van der Waals surface area contributed by atoms with E-state index in [0.29, 0.717) is 18.0 Å². The Hall–Kier alpha value is -3.08. The molecule has 1 saturated carbocycles. The van der Waals surface area contributed by atoms with Crippen LogP contribution in [-0.2, 0) is 6.54 Å². The quantitative estimate of drug-likeness (QED) is 0.283. The molecule has 0 bridgehead atoms. The van der Waals surface area contributed by atoms with Crippen LogP contribution in [0.4, 0.5) is 10.1 Å². The molecule has 0 unspecified atom stereocenters. The van der Waals surface area contributed by atoms with Gasteiger partial charge in [-0.3, -0.25) is 4.57 Å². The number of benzene rings is 2. The molecule has 180 valence electrons. The third-order valence-corrected chi connectivity index (χ3v) is 6.70. The Morgan fingerprint density at radius 3 is 2.62 bits per heavy atom. The van der Waals surface area contributed by atoms with Gasteiger partial charge < -0.3 is 9.32 Å². The number of anilines is 1. The zero-order valence-electron chi connectivity index (χ0n) is 20.5. The minimum Gasteiger partial charge on any atom is -0.408 e. The van der Waals surface area contributed by atoms with Crippen LogP contribution in [0.2, 0.25) is 0 Å². The lowest BCUT2D eigenvalue weighted by molar-refractivity contribution is 0.517. The molecule has 1 heterocycles. The van der Waals surface area contributed by atoms with Crippen molar-refractivity contribution in [1.82, 2.24) is 4.57 Å². The summed E-state index contributed by atoms with van der Waals surface area (Å²) in [4.78, 5) is 14.7. The van der Waals surface area contributed by atoms with Gasteiger partial charge in [0.25, 0.3) is 0 Å². The summed E-state index contributed by atoms with van der Waals surface area (Å²) in [5.41, 5.74) is 6.51. The van der Waals surface area contributed by atoms with E-state index >= 15 is 0 Å². The fourth-order valence-corrected chi connectivity index (χ4v) is 4.41. The maximum atomic E-state index is 13.3. The smallest absolute Gasteiger partial charge is 0.408 e. The van der Waals surface area contributed by atoms with E-state index in [1.807, 2.05) is 24.3 Å². The number of hydrogen-bond donors (Lipinski definition) is 0. The van der Waals surface area contributed by atoms with E-state index in [2.05, 4.69) is 43.9 Å². The summed E-state index contributed by atoms with van der Waals surface area (Å²) in [6.45, 7) is 8.97. The van der Waals surface area contributed by atoms with Gasteiger partial charge in [0.1, 0.15) is 5.82 Å². The average molecular weight is 463 g/mol. The zero-order chi connectivity index (χ0) is 24.1. The van der Waals surface area contributed by atoms with E-state index in [0.717, 1.165) is 49.1 Å². The van der Waals surface area contributed by atoms with Gasteiger partial charge >= 0.3 is 5.76 Å². The Morgan fingerprint density at radius 2 is 1.91 bits per heavy atom. The second-order valence-electron chi connectivity index (χ2n) is 9.45. The lowest BCUT2D eigenvalue weighted by Gasteiger charge is -2.25. The maximum absolute atomic E-state index is 13.3. The van der Waals surface area contributed by atoms with Crippen LogP contribution in [0.15, 0.2) is 69.4 Å². The van der Waals surface area contributed by atoms with E-state index in [9.17, 15) is 9.18 Å². The topological polar surface area (TPSA) is 38.4 Å². The number of fused-ring (bicyclic) bond motifs is 1. The summed E-state index contributed by atoms with van der Waals surface area (Å²) in [7, 11) is 0. The van der Waals surface area contributed by atoms with Gasteiger partial charge in [-0.2, -0.15) is 0 Å². The standard InChI is InChI=1S/C29H35FN2O2/c1-4-17-31(26-13-11-25(30)12-14-26)19-16-21(2)7-5-6-18-32-27-15-10-24(22(3)23-8-9-23)20-28(27)34-29(32)33/h5-6,10-15,20-21H,4,7-9,16-19H2,1-3H3/b6-5+/t21-/m1/s1. The second kappa shape index (κ2) is 10.9. The van der Waals surface area contributed by atoms with Crippen molar-refractivity contribution in [2.24, 2.45) is 5.92 Å². The monoisotopic (exact) mass is 462 g/mol. The molecule has 0 spiro atoms. The Balaban J connectivity index is 1.32. The van der Waals surface area contributed by atoms with Crippen molar-refractivity contribution in [1.29, 1.82) is 0 Å². The lowest BCUT2D eigenvalue weighted by atomic mass is 10.0. The van der Waals surface area contributed by atoms with Crippen LogP contribution in [0.1, 0.15) is 58.4 Å². The molecular weight excluding hydrogens is 427 g/mol. The molecule has 0 saturated heterocycles. The van der Waals surface area contributed by atoms with Gasteiger partial charge in [0, 0.05) is 25.3 Å². The van der Waals surface area contributed by atoms with Gasteiger partial charge in [-0.15, -0.1) is 0 Å². The maximum Gasteiger partial charge on any atom is 0.420 e. The highest BCUT2D eigenvalue weighted by molar-refractivity contribution is 5.80. The van der Waals surface area contributed by atoms with Crippen molar-refractivity contribution in [3.63, 3.8) is 0 Å². The summed E-state index contributed by atoms with van der Waals surface area (Å²) in [6, 6.07) is 12.8. The third-order valence-electron chi connectivity index (χ3n) is 6.70. The number of nitrogens with zero attached hydrogens (tertiary/aromatic N) is 2. The van der Waals surface area contributed by atoms with E-state index < -0.39 is 0 Å². The second-order valence-corrected chi connectivity index (χ2v) is 9.45. The van der Waals surface area contributed by atoms with E-state index in [1.165, 1.54) is 36.1 Å². The van der Waals surface area contributed by atoms with Gasteiger partial charge in [-0.05, 0) is 92.5 Å². The van der Waals surface area contributed by atoms with Crippen LogP contribution in [0.25, 0.3) is 16.7 Å². The molecule has 0 N–H and O–H groups in total. The molecule has 1 aromatic heterocycles. The first-order valence-electron chi connectivity index (χ1n) is 12.4. The Morgan fingerprint density at radius 1 is 1.15 bits per heavy atom. The SMILES string of the molecule is CCCN(CC[C@H](C)C/C=C/Cn1c(=O)oc2cc(C(C)=C3CC3)ccc21)c1ccc(F)cc1.